The second kappa shape index (κ2) is 17.4. The van der Waals surface area contributed by atoms with Gasteiger partial charge in [-0.1, -0.05) is 6.07 Å². The van der Waals surface area contributed by atoms with Crippen molar-refractivity contribution in [1.82, 2.24) is 25.0 Å². The zero-order valence-corrected chi connectivity index (χ0v) is 33.3. The predicted molar refractivity (Wildman–Crippen MR) is 208 cm³/mol. The van der Waals surface area contributed by atoms with Gasteiger partial charge in [-0.25, -0.2) is 4.98 Å². The standard InChI is InChI=1S/C39H45F6N9O4S/c1-37(2)35(58)53(27-18-28(38(40,41)42)30(19-46)47-20-27)36(59)54(37)26-10-8-23(9-11-26)5-4-14-51-15-16-52(31(21-51)39(43,44)45)22-33(56)49-25-7-3-6-24(17-25)48-29-12-13-32(55)50-34(29)57/h3,6-7,17-18,20,23,26,29,31,48H,4-5,8-16,21-22H2,1-2H3,(H,49,56)(H,50,55,57)/t23-,26-,29?,31-/m1/s1. The van der Waals surface area contributed by atoms with Crippen molar-refractivity contribution in [3.8, 4) is 6.07 Å². The van der Waals surface area contributed by atoms with E-state index in [2.05, 4.69) is 20.9 Å². The fourth-order valence-corrected chi connectivity index (χ4v) is 9.08. The molecule has 4 amide bonds. The molecule has 3 saturated heterocycles. The molecule has 1 saturated carbocycles. The number of carbonyl (C=O) groups excluding carboxylic acids is 4. The average Bonchev–Trinajstić information content (AvgIpc) is 3.34. The van der Waals surface area contributed by atoms with Gasteiger partial charge >= 0.3 is 12.4 Å². The number of piperidine rings is 1. The summed E-state index contributed by atoms with van der Waals surface area (Å²) in [4.78, 5) is 59.5. The van der Waals surface area contributed by atoms with Gasteiger partial charge in [-0.2, -0.15) is 31.6 Å². The van der Waals surface area contributed by atoms with Gasteiger partial charge in [-0.15, -0.1) is 0 Å². The molecule has 3 N–H and O–H groups in total. The molecular formula is C39H45F6N9O4S. The number of halogens is 6. The fourth-order valence-electron chi connectivity index (χ4n) is 8.51. The molecule has 3 aliphatic heterocycles. The van der Waals surface area contributed by atoms with Crippen molar-refractivity contribution in [3.05, 3.63) is 47.8 Å². The number of amides is 4. The minimum absolute atomic E-state index is 0.0388. The zero-order valence-electron chi connectivity index (χ0n) is 32.5. The van der Waals surface area contributed by atoms with Crippen LogP contribution in [-0.4, -0.2) is 111 Å². The second-order valence-corrected chi connectivity index (χ2v) is 16.3. The molecule has 2 atom stereocenters. The van der Waals surface area contributed by atoms with Crippen molar-refractivity contribution in [2.75, 3.05) is 48.3 Å². The normalized spacial score (nSPS) is 24.5. The predicted octanol–water partition coefficient (Wildman–Crippen LogP) is 5.43. The van der Waals surface area contributed by atoms with E-state index in [4.69, 9.17) is 17.5 Å². The van der Waals surface area contributed by atoms with Crippen LogP contribution in [0.4, 0.5) is 43.4 Å². The smallest absolute Gasteiger partial charge is 0.374 e. The molecule has 4 heterocycles. The van der Waals surface area contributed by atoms with Gasteiger partial charge in [-0.3, -0.25) is 34.3 Å². The van der Waals surface area contributed by atoms with Crippen molar-refractivity contribution in [2.24, 2.45) is 5.92 Å². The molecule has 1 aliphatic carbocycles. The number of pyridine rings is 1. The summed E-state index contributed by atoms with van der Waals surface area (Å²) in [6.07, 6.45) is -3.61. The molecule has 1 aromatic heterocycles. The van der Waals surface area contributed by atoms with E-state index < -0.39 is 65.5 Å². The Bertz CT molecular complexity index is 2000. The molecule has 0 spiro atoms. The molecule has 0 bridgehead atoms. The monoisotopic (exact) mass is 849 g/mol. The Morgan fingerprint density at radius 2 is 1.75 bits per heavy atom. The van der Waals surface area contributed by atoms with E-state index in [0.29, 0.717) is 56.2 Å². The summed E-state index contributed by atoms with van der Waals surface area (Å²) in [5.41, 5.74) is -2.54. The first kappa shape index (κ1) is 43.7. The molecule has 2 aromatic rings. The molecule has 0 radical (unpaired) electrons. The number of nitrogens with one attached hydrogen (secondary N) is 3. The van der Waals surface area contributed by atoms with Gasteiger partial charge < -0.3 is 20.4 Å². The maximum absolute atomic E-state index is 14.3. The summed E-state index contributed by atoms with van der Waals surface area (Å²) in [6, 6.07) is 5.97. The highest BCUT2D eigenvalue weighted by Crippen LogP contribution is 2.41. The molecule has 6 rings (SSSR count). The first-order valence-corrected chi connectivity index (χ1v) is 19.9. The number of nitriles is 1. The van der Waals surface area contributed by atoms with Gasteiger partial charge in [0.25, 0.3) is 5.91 Å². The number of aromatic nitrogens is 1. The lowest BCUT2D eigenvalue weighted by Gasteiger charge is -2.42. The minimum atomic E-state index is -4.86. The molecule has 4 fully saturated rings. The van der Waals surface area contributed by atoms with Gasteiger partial charge in [0.15, 0.2) is 10.8 Å². The van der Waals surface area contributed by atoms with Crippen LogP contribution < -0.4 is 20.9 Å². The second-order valence-electron chi connectivity index (χ2n) is 16.0. The number of piperazine rings is 1. The molecule has 1 unspecified atom stereocenters. The number of imide groups is 1. The lowest BCUT2D eigenvalue weighted by molar-refractivity contribution is -0.197. The number of hydrogen-bond acceptors (Lipinski definition) is 10. The summed E-state index contributed by atoms with van der Waals surface area (Å²) in [5.74, 6) is -1.65. The van der Waals surface area contributed by atoms with E-state index >= 15 is 0 Å². The van der Waals surface area contributed by atoms with Crippen LogP contribution in [0.2, 0.25) is 0 Å². The lowest BCUT2D eigenvalue weighted by Crippen LogP contribution is -2.60. The van der Waals surface area contributed by atoms with Crippen molar-refractivity contribution >= 4 is 58.0 Å². The average molecular weight is 850 g/mol. The topological polar surface area (TPSA) is 154 Å². The van der Waals surface area contributed by atoms with E-state index in [1.807, 2.05) is 0 Å². The van der Waals surface area contributed by atoms with Crippen molar-refractivity contribution in [2.45, 2.75) is 101 Å². The van der Waals surface area contributed by atoms with Crippen LogP contribution in [0.5, 0.6) is 0 Å². The van der Waals surface area contributed by atoms with Crippen LogP contribution in [0.3, 0.4) is 0 Å². The Balaban J connectivity index is 0.971. The van der Waals surface area contributed by atoms with E-state index in [0.717, 1.165) is 35.3 Å². The summed E-state index contributed by atoms with van der Waals surface area (Å²) in [6.45, 7) is 3.43. The molecule has 318 valence electrons. The van der Waals surface area contributed by atoms with Crippen LogP contribution in [0.1, 0.15) is 76.5 Å². The minimum Gasteiger partial charge on any atom is -0.374 e. The molecule has 13 nitrogen and oxygen atoms in total. The molecular weight excluding hydrogens is 805 g/mol. The van der Waals surface area contributed by atoms with Gasteiger partial charge in [0.05, 0.1) is 24.0 Å². The number of rotatable bonds is 11. The maximum atomic E-state index is 14.3. The highest BCUT2D eigenvalue weighted by Gasteiger charge is 2.53. The number of nitrogens with zero attached hydrogens (tertiary/aromatic N) is 6. The third-order valence-corrected chi connectivity index (χ3v) is 11.9. The summed E-state index contributed by atoms with van der Waals surface area (Å²) >= 11 is 5.68. The third kappa shape index (κ3) is 9.95. The third-order valence-electron chi connectivity index (χ3n) is 11.6. The summed E-state index contributed by atoms with van der Waals surface area (Å²) in [7, 11) is 0. The Morgan fingerprint density at radius 3 is 2.41 bits per heavy atom. The molecule has 4 aliphatic rings. The van der Waals surface area contributed by atoms with E-state index in [9.17, 15) is 45.5 Å². The SMILES string of the molecule is CC1(C)C(=O)N(c2cnc(C#N)c(C(F)(F)F)c2)C(=S)N1[C@H]1CC[C@H](CCCN2CCN(CC(=O)Nc3cccc(NC4CCC(=O)NC4=O)c3)[C@@H](C(F)(F)F)C2)CC1. The van der Waals surface area contributed by atoms with Crippen LogP contribution in [0, 0.1) is 17.2 Å². The molecule has 59 heavy (non-hydrogen) atoms. The van der Waals surface area contributed by atoms with Crippen molar-refractivity contribution in [1.29, 1.82) is 5.26 Å². The highest BCUT2D eigenvalue weighted by atomic mass is 32.1. The quantitative estimate of drug-likeness (QED) is 0.151. The largest absolute Gasteiger partial charge is 0.419 e. The van der Waals surface area contributed by atoms with Crippen LogP contribution >= 0.6 is 12.2 Å². The van der Waals surface area contributed by atoms with Crippen LogP contribution in [-0.2, 0) is 25.4 Å². The Labute approximate surface area is 342 Å². The van der Waals surface area contributed by atoms with E-state index in [-0.39, 0.29) is 48.2 Å². The fraction of sp³-hybridized carbons (Fsp3) is 0.564. The van der Waals surface area contributed by atoms with Crippen LogP contribution in [0.15, 0.2) is 36.5 Å². The van der Waals surface area contributed by atoms with Crippen LogP contribution in [0.25, 0.3) is 0 Å². The first-order chi connectivity index (χ1) is 27.8. The number of alkyl halides is 6. The first-order valence-electron chi connectivity index (χ1n) is 19.4. The van der Waals surface area contributed by atoms with E-state index in [1.54, 1.807) is 47.9 Å². The van der Waals surface area contributed by atoms with E-state index in [1.165, 1.54) is 6.07 Å². The molecule has 20 heteroatoms. The Hall–Kier alpha value is -4.87. The number of hydrogen-bond donors (Lipinski definition) is 3. The number of thiocarbonyl (C=S) groups is 1. The highest BCUT2D eigenvalue weighted by molar-refractivity contribution is 7.80. The molecule has 1 aromatic carbocycles. The Kier molecular flexibility index (Phi) is 12.9. The van der Waals surface area contributed by atoms with Gasteiger partial charge in [0.2, 0.25) is 17.7 Å². The van der Waals surface area contributed by atoms with Gasteiger partial charge in [0.1, 0.15) is 23.7 Å². The van der Waals surface area contributed by atoms with Gasteiger partial charge in [-0.05, 0) is 108 Å². The summed E-state index contributed by atoms with van der Waals surface area (Å²) < 4.78 is 84.0. The van der Waals surface area contributed by atoms with Crippen molar-refractivity contribution < 1.29 is 45.5 Å². The number of carbonyl (C=O) groups is 4. The van der Waals surface area contributed by atoms with Gasteiger partial charge in [0, 0.05) is 43.5 Å². The lowest BCUT2D eigenvalue weighted by atomic mass is 9.82. The van der Waals surface area contributed by atoms with Crippen molar-refractivity contribution in [3.63, 3.8) is 0 Å². The Morgan fingerprint density at radius 1 is 1.03 bits per heavy atom. The summed E-state index contributed by atoms with van der Waals surface area (Å²) in [5, 5.41) is 17.1. The number of benzene rings is 1. The maximum Gasteiger partial charge on any atom is 0.419 e. The number of anilines is 3. The zero-order chi connectivity index (χ0) is 42.9.